The van der Waals surface area contributed by atoms with Gasteiger partial charge in [-0.15, -0.1) is 0 Å². The maximum atomic E-state index is 10.8. The molecule has 2 aromatic rings. The van der Waals surface area contributed by atoms with Crippen LogP contribution in [0.15, 0.2) is 54.6 Å². The zero-order chi connectivity index (χ0) is 15.1. The van der Waals surface area contributed by atoms with Crippen LogP contribution < -0.4 is 10.6 Å². The summed E-state index contributed by atoms with van der Waals surface area (Å²) in [7, 11) is 0. The van der Waals surface area contributed by atoms with Gasteiger partial charge in [0.15, 0.2) is 5.11 Å². The van der Waals surface area contributed by atoms with E-state index < -0.39 is 5.97 Å². The number of hydrogen-bond donors (Lipinski definition) is 3. The fourth-order valence-electron chi connectivity index (χ4n) is 1.79. The van der Waals surface area contributed by atoms with Crippen LogP contribution in [0, 0.1) is 0 Å². The Morgan fingerprint density at radius 1 is 0.905 bits per heavy atom. The molecule has 0 bridgehead atoms. The molecular formula is C16H16N2O2S. The summed E-state index contributed by atoms with van der Waals surface area (Å²) in [6.45, 7) is 1.23. The van der Waals surface area contributed by atoms with Gasteiger partial charge in [0, 0.05) is 13.1 Å². The van der Waals surface area contributed by atoms with Crippen LogP contribution in [0.2, 0.25) is 0 Å². The maximum Gasteiger partial charge on any atom is 0.335 e. The van der Waals surface area contributed by atoms with E-state index in [0.29, 0.717) is 18.2 Å². The minimum atomic E-state index is -0.922. The molecular weight excluding hydrogens is 284 g/mol. The second-order valence-electron chi connectivity index (χ2n) is 4.52. The molecule has 2 rings (SSSR count). The van der Waals surface area contributed by atoms with Gasteiger partial charge in [-0.2, -0.15) is 0 Å². The third kappa shape index (κ3) is 4.89. The smallest absolute Gasteiger partial charge is 0.335 e. The van der Waals surface area contributed by atoms with Crippen molar-refractivity contribution in [2.45, 2.75) is 13.1 Å². The van der Waals surface area contributed by atoms with Crippen LogP contribution in [0.25, 0.3) is 0 Å². The van der Waals surface area contributed by atoms with Gasteiger partial charge in [0.25, 0.3) is 0 Å². The van der Waals surface area contributed by atoms with Crippen molar-refractivity contribution in [1.29, 1.82) is 0 Å². The van der Waals surface area contributed by atoms with Gasteiger partial charge in [-0.25, -0.2) is 4.79 Å². The van der Waals surface area contributed by atoms with E-state index in [1.807, 2.05) is 30.3 Å². The number of carboxylic acid groups (broad SMARTS) is 1. The monoisotopic (exact) mass is 300 g/mol. The summed E-state index contributed by atoms with van der Waals surface area (Å²) in [6, 6.07) is 16.7. The predicted octanol–water partition coefficient (Wildman–Crippen LogP) is 2.55. The summed E-state index contributed by atoms with van der Waals surface area (Å²) in [6.07, 6.45) is 0. The van der Waals surface area contributed by atoms with Crippen LogP contribution in [0.4, 0.5) is 0 Å². The molecule has 4 nitrogen and oxygen atoms in total. The van der Waals surface area contributed by atoms with Crippen molar-refractivity contribution in [3.05, 3.63) is 71.3 Å². The Labute approximate surface area is 128 Å². The first-order valence-corrected chi connectivity index (χ1v) is 6.94. The Morgan fingerprint density at radius 3 is 1.95 bits per heavy atom. The number of hydrogen-bond acceptors (Lipinski definition) is 2. The second kappa shape index (κ2) is 7.40. The number of nitrogens with one attached hydrogen (secondary N) is 2. The number of carboxylic acids is 1. The molecule has 0 unspecified atom stereocenters. The van der Waals surface area contributed by atoms with Crippen molar-refractivity contribution < 1.29 is 9.90 Å². The lowest BCUT2D eigenvalue weighted by Gasteiger charge is -2.10. The van der Waals surface area contributed by atoms with E-state index in [-0.39, 0.29) is 5.56 Å². The van der Waals surface area contributed by atoms with Gasteiger partial charge in [-0.1, -0.05) is 42.5 Å². The summed E-state index contributed by atoms with van der Waals surface area (Å²) in [5.41, 5.74) is 2.42. The first kappa shape index (κ1) is 15.0. The van der Waals surface area contributed by atoms with E-state index in [0.717, 1.165) is 11.1 Å². The van der Waals surface area contributed by atoms with Crippen molar-refractivity contribution in [3.63, 3.8) is 0 Å². The lowest BCUT2D eigenvalue weighted by molar-refractivity contribution is 0.0697. The molecule has 0 atom stereocenters. The third-order valence-electron chi connectivity index (χ3n) is 2.95. The van der Waals surface area contributed by atoms with Crippen LogP contribution in [-0.2, 0) is 13.1 Å². The normalized spacial score (nSPS) is 9.90. The number of benzene rings is 2. The highest BCUT2D eigenvalue weighted by Crippen LogP contribution is 2.04. The van der Waals surface area contributed by atoms with E-state index in [9.17, 15) is 4.79 Å². The number of thiocarbonyl (C=S) groups is 1. The zero-order valence-corrected chi connectivity index (χ0v) is 12.2. The van der Waals surface area contributed by atoms with Crippen molar-refractivity contribution in [1.82, 2.24) is 10.6 Å². The summed E-state index contributed by atoms with van der Waals surface area (Å²) in [5, 5.41) is 15.6. The topological polar surface area (TPSA) is 61.4 Å². The highest BCUT2D eigenvalue weighted by Gasteiger charge is 2.02. The molecule has 3 N–H and O–H groups in total. The molecule has 5 heteroatoms. The molecule has 0 aliphatic carbocycles. The molecule has 2 aromatic carbocycles. The molecule has 0 spiro atoms. The van der Waals surface area contributed by atoms with Crippen molar-refractivity contribution >= 4 is 23.3 Å². The summed E-state index contributed by atoms with van der Waals surface area (Å²) >= 11 is 5.20. The minimum Gasteiger partial charge on any atom is -0.478 e. The van der Waals surface area contributed by atoms with Gasteiger partial charge < -0.3 is 15.7 Å². The van der Waals surface area contributed by atoms with Gasteiger partial charge in [-0.3, -0.25) is 0 Å². The molecule has 0 heterocycles. The fourth-order valence-corrected chi connectivity index (χ4v) is 1.93. The highest BCUT2D eigenvalue weighted by molar-refractivity contribution is 7.80. The molecule has 0 radical (unpaired) electrons. The van der Waals surface area contributed by atoms with Crippen molar-refractivity contribution in [2.75, 3.05) is 0 Å². The van der Waals surface area contributed by atoms with E-state index in [4.69, 9.17) is 17.3 Å². The predicted molar refractivity (Wildman–Crippen MR) is 86.1 cm³/mol. The van der Waals surface area contributed by atoms with E-state index >= 15 is 0 Å². The van der Waals surface area contributed by atoms with Gasteiger partial charge in [0.2, 0.25) is 0 Å². The quantitative estimate of drug-likeness (QED) is 0.741. The Bertz CT molecular complexity index is 612. The number of rotatable bonds is 5. The molecule has 0 aliphatic heterocycles. The second-order valence-corrected chi connectivity index (χ2v) is 4.93. The Morgan fingerprint density at radius 2 is 1.43 bits per heavy atom. The van der Waals surface area contributed by atoms with Crippen LogP contribution in [0.5, 0.6) is 0 Å². The number of carbonyl (C=O) groups is 1. The third-order valence-corrected chi connectivity index (χ3v) is 3.24. The molecule has 108 valence electrons. The van der Waals surface area contributed by atoms with E-state index in [2.05, 4.69) is 10.6 Å². The first-order chi connectivity index (χ1) is 10.1. The summed E-state index contributed by atoms with van der Waals surface area (Å²) in [5.74, 6) is -0.922. The SMILES string of the molecule is O=C(O)c1ccc(CNC(=S)NCc2ccccc2)cc1. The van der Waals surface area contributed by atoms with Crippen LogP contribution in [-0.4, -0.2) is 16.2 Å². The Balaban J connectivity index is 1.77. The van der Waals surface area contributed by atoms with Gasteiger partial charge >= 0.3 is 5.97 Å². The molecule has 0 fully saturated rings. The average Bonchev–Trinajstić information content (AvgIpc) is 2.52. The average molecular weight is 300 g/mol. The lowest BCUT2D eigenvalue weighted by atomic mass is 10.1. The Kier molecular flexibility index (Phi) is 5.29. The standard InChI is InChI=1S/C16H16N2O2S/c19-15(20)14-8-6-13(7-9-14)11-18-16(21)17-10-12-4-2-1-3-5-12/h1-9H,10-11H2,(H,19,20)(H2,17,18,21). The lowest BCUT2D eigenvalue weighted by Crippen LogP contribution is -2.34. The highest BCUT2D eigenvalue weighted by atomic mass is 32.1. The molecule has 21 heavy (non-hydrogen) atoms. The molecule has 0 amide bonds. The van der Waals surface area contributed by atoms with Crippen LogP contribution in [0.1, 0.15) is 21.5 Å². The molecule has 0 aliphatic rings. The minimum absolute atomic E-state index is 0.281. The Hall–Kier alpha value is -2.40. The number of aromatic carboxylic acids is 1. The first-order valence-electron chi connectivity index (χ1n) is 6.53. The van der Waals surface area contributed by atoms with Crippen molar-refractivity contribution in [2.24, 2.45) is 0 Å². The van der Waals surface area contributed by atoms with Crippen LogP contribution in [0.3, 0.4) is 0 Å². The maximum absolute atomic E-state index is 10.8. The van der Waals surface area contributed by atoms with E-state index in [1.54, 1.807) is 24.3 Å². The van der Waals surface area contributed by atoms with Crippen LogP contribution >= 0.6 is 12.2 Å². The largest absolute Gasteiger partial charge is 0.478 e. The van der Waals surface area contributed by atoms with Gasteiger partial charge in [0.05, 0.1) is 5.56 Å². The summed E-state index contributed by atoms with van der Waals surface area (Å²) < 4.78 is 0. The van der Waals surface area contributed by atoms with Gasteiger partial charge in [-0.05, 0) is 35.5 Å². The van der Waals surface area contributed by atoms with Crippen molar-refractivity contribution in [3.8, 4) is 0 Å². The summed E-state index contributed by atoms with van der Waals surface area (Å²) in [4.78, 5) is 10.8. The van der Waals surface area contributed by atoms with E-state index in [1.165, 1.54) is 0 Å². The van der Waals surface area contributed by atoms with Gasteiger partial charge in [0.1, 0.15) is 0 Å². The molecule has 0 saturated carbocycles. The molecule has 0 aromatic heterocycles. The zero-order valence-electron chi connectivity index (χ0n) is 11.4. The molecule has 0 saturated heterocycles. The fraction of sp³-hybridized carbons (Fsp3) is 0.125.